The number of aryl methyl sites for hydroxylation is 1. The molecule has 3 atom stereocenters. The topological polar surface area (TPSA) is 95.0 Å². The first-order chi connectivity index (χ1) is 18.5. The van der Waals surface area contributed by atoms with Gasteiger partial charge in [-0.3, -0.25) is 9.59 Å². The molecule has 0 aliphatic carbocycles. The summed E-state index contributed by atoms with van der Waals surface area (Å²) in [4.78, 5) is 45.8. The first-order valence-corrected chi connectivity index (χ1v) is 15.1. The maximum Gasteiger partial charge on any atom is 0.328 e. The molecule has 0 radical (unpaired) electrons. The second-order valence-corrected chi connectivity index (χ2v) is 12.9. The van der Waals surface area contributed by atoms with Gasteiger partial charge < -0.3 is 19.1 Å². The second-order valence-electron chi connectivity index (χ2n) is 11.3. The molecule has 2 aromatic rings. The molecule has 1 saturated heterocycles. The van der Waals surface area contributed by atoms with Crippen LogP contribution in [0.25, 0.3) is 10.8 Å². The number of rotatable bonds is 2. The van der Waals surface area contributed by atoms with E-state index < -0.39 is 35.4 Å². The third-order valence-corrected chi connectivity index (χ3v) is 8.99. The monoisotopic (exact) mass is 666 g/mol. The van der Waals surface area contributed by atoms with Gasteiger partial charge in [-0.25, -0.2) is 9.78 Å². The SMILES string of the molecule is CCOC(=O)[C@@H]1C[C@@H]2CN1C(=O)[C@H](C(C)(C)C)CC(=O)OCCCCCc1cc(Br)c3ccnc(c3c1Br)O2. The van der Waals surface area contributed by atoms with E-state index in [0.717, 1.165) is 51.0 Å². The summed E-state index contributed by atoms with van der Waals surface area (Å²) in [5.74, 6) is -1.37. The zero-order valence-corrected chi connectivity index (χ0v) is 26.1. The van der Waals surface area contributed by atoms with Crippen LogP contribution in [0, 0.1) is 11.3 Å². The van der Waals surface area contributed by atoms with Crippen LogP contribution in [0.3, 0.4) is 0 Å². The highest BCUT2D eigenvalue weighted by molar-refractivity contribution is 9.11. The van der Waals surface area contributed by atoms with Crippen LogP contribution in [0.4, 0.5) is 0 Å². The standard InChI is InChI=1S/C29H36Br2N2O6/c1-5-37-28(36)22-14-18-16-33(22)27(35)20(29(2,3)4)15-23(34)38-12-8-6-7-9-17-13-21(30)19-10-11-32-26(39-18)24(19)25(17)31/h10-11,13,18,20,22H,5-9,12,14-16H2,1-4H3/t18-,20-,22+/m1/s1. The summed E-state index contributed by atoms with van der Waals surface area (Å²) in [6.45, 7) is 8.20. The van der Waals surface area contributed by atoms with Crippen molar-refractivity contribution in [2.24, 2.45) is 11.3 Å². The summed E-state index contributed by atoms with van der Waals surface area (Å²) in [5.41, 5.74) is 0.589. The summed E-state index contributed by atoms with van der Waals surface area (Å²) >= 11 is 7.51. The number of cyclic esters (lactones) is 1. The normalized spacial score (nSPS) is 23.2. The van der Waals surface area contributed by atoms with E-state index >= 15 is 0 Å². The van der Waals surface area contributed by atoms with Gasteiger partial charge in [-0.15, -0.1) is 0 Å². The first kappa shape index (κ1) is 29.8. The number of nitrogens with zero attached hydrogens (tertiary/aromatic N) is 2. The van der Waals surface area contributed by atoms with Gasteiger partial charge in [-0.2, -0.15) is 0 Å². The van der Waals surface area contributed by atoms with E-state index in [1.807, 2.05) is 26.8 Å². The Morgan fingerprint density at radius 1 is 1.21 bits per heavy atom. The van der Waals surface area contributed by atoms with E-state index in [0.29, 0.717) is 12.5 Å². The zero-order valence-electron chi connectivity index (χ0n) is 22.9. The molecule has 3 heterocycles. The quantitative estimate of drug-likeness (QED) is 0.363. The molecule has 1 aromatic carbocycles. The van der Waals surface area contributed by atoms with E-state index in [2.05, 4.69) is 42.9 Å². The van der Waals surface area contributed by atoms with Gasteiger partial charge in [-0.05, 0) is 71.6 Å². The summed E-state index contributed by atoms with van der Waals surface area (Å²) in [6.07, 6.45) is 4.82. The Morgan fingerprint density at radius 3 is 2.69 bits per heavy atom. The van der Waals surface area contributed by atoms with E-state index in [4.69, 9.17) is 14.2 Å². The van der Waals surface area contributed by atoms with Gasteiger partial charge in [0.05, 0.1) is 37.5 Å². The van der Waals surface area contributed by atoms with E-state index in [1.165, 1.54) is 4.90 Å². The highest BCUT2D eigenvalue weighted by Gasteiger charge is 2.46. The number of carbonyl (C=O) groups is 3. The average Bonchev–Trinajstić information content (AvgIpc) is 3.30. The number of hydrogen-bond donors (Lipinski definition) is 0. The number of pyridine rings is 1. The van der Waals surface area contributed by atoms with Crippen LogP contribution in [0.1, 0.15) is 65.4 Å². The fourth-order valence-corrected chi connectivity index (χ4v) is 6.60. The minimum absolute atomic E-state index is 0.0493. The molecule has 2 aliphatic heterocycles. The molecule has 0 spiro atoms. The highest BCUT2D eigenvalue weighted by atomic mass is 79.9. The zero-order chi connectivity index (χ0) is 28.3. The van der Waals surface area contributed by atoms with Gasteiger partial charge in [0.15, 0.2) is 0 Å². The Labute approximate surface area is 246 Å². The van der Waals surface area contributed by atoms with Crippen LogP contribution in [0.15, 0.2) is 27.3 Å². The van der Waals surface area contributed by atoms with Gasteiger partial charge >= 0.3 is 11.9 Å². The van der Waals surface area contributed by atoms with Crippen molar-refractivity contribution in [2.45, 2.75) is 78.4 Å². The molecule has 1 aromatic heterocycles. The van der Waals surface area contributed by atoms with Crippen molar-refractivity contribution >= 4 is 60.5 Å². The van der Waals surface area contributed by atoms with Crippen molar-refractivity contribution in [1.29, 1.82) is 0 Å². The maximum atomic E-state index is 14.0. The Kier molecular flexibility index (Phi) is 9.57. The van der Waals surface area contributed by atoms with Gasteiger partial charge in [0.2, 0.25) is 11.8 Å². The minimum atomic E-state index is -0.814. The van der Waals surface area contributed by atoms with E-state index in [1.54, 1.807) is 13.1 Å². The van der Waals surface area contributed by atoms with Crippen LogP contribution in [0.2, 0.25) is 0 Å². The molecular formula is C29H36Br2N2O6. The lowest BCUT2D eigenvalue weighted by Crippen LogP contribution is -2.48. The lowest BCUT2D eigenvalue weighted by Gasteiger charge is -2.34. The summed E-state index contributed by atoms with van der Waals surface area (Å²) in [7, 11) is 0. The molecule has 0 N–H and O–H groups in total. The molecule has 2 aliphatic rings. The van der Waals surface area contributed by atoms with Crippen molar-refractivity contribution in [3.05, 3.63) is 32.8 Å². The number of amides is 1. The fraction of sp³-hybridized carbons (Fsp3) is 0.586. The molecule has 212 valence electrons. The molecular weight excluding hydrogens is 632 g/mol. The fourth-order valence-electron chi connectivity index (χ4n) is 5.30. The maximum absolute atomic E-state index is 14.0. The Balaban J connectivity index is 1.76. The molecule has 4 bridgehead atoms. The van der Waals surface area contributed by atoms with Gasteiger partial charge in [0.25, 0.3) is 0 Å². The van der Waals surface area contributed by atoms with Gasteiger partial charge in [0.1, 0.15) is 12.1 Å². The van der Waals surface area contributed by atoms with Crippen LogP contribution in [-0.4, -0.2) is 59.6 Å². The van der Waals surface area contributed by atoms with Crippen molar-refractivity contribution in [1.82, 2.24) is 9.88 Å². The van der Waals surface area contributed by atoms with E-state index in [-0.39, 0.29) is 31.9 Å². The number of benzene rings is 1. The van der Waals surface area contributed by atoms with Crippen LogP contribution in [0.5, 0.6) is 5.88 Å². The van der Waals surface area contributed by atoms with Gasteiger partial charge in [-0.1, -0.05) is 36.7 Å². The van der Waals surface area contributed by atoms with Crippen LogP contribution < -0.4 is 4.74 Å². The second kappa shape index (κ2) is 12.5. The number of halogens is 2. The average molecular weight is 668 g/mol. The summed E-state index contributed by atoms with van der Waals surface area (Å²) in [6, 6.07) is 3.22. The number of hydrogen-bond acceptors (Lipinski definition) is 7. The largest absolute Gasteiger partial charge is 0.472 e. The minimum Gasteiger partial charge on any atom is -0.472 e. The molecule has 39 heavy (non-hydrogen) atoms. The summed E-state index contributed by atoms with van der Waals surface area (Å²) < 4.78 is 19.2. The Bertz CT molecular complexity index is 1240. The lowest BCUT2D eigenvalue weighted by atomic mass is 9.77. The predicted molar refractivity (Wildman–Crippen MR) is 154 cm³/mol. The van der Waals surface area contributed by atoms with E-state index in [9.17, 15) is 14.4 Å². The molecule has 1 amide bonds. The van der Waals surface area contributed by atoms with Crippen molar-refractivity contribution in [2.75, 3.05) is 19.8 Å². The smallest absolute Gasteiger partial charge is 0.328 e. The highest BCUT2D eigenvalue weighted by Crippen LogP contribution is 2.40. The predicted octanol–water partition coefficient (Wildman–Crippen LogP) is 5.99. The number of carbonyl (C=O) groups excluding carboxylic acids is 3. The van der Waals surface area contributed by atoms with Crippen molar-refractivity contribution in [3.63, 3.8) is 0 Å². The third kappa shape index (κ3) is 6.76. The molecule has 10 heteroatoms. The molecule has 0 unspecified atom stereocenters. The molecule has 0 saturated carbocycles. The van der Waals surface area contributed by atoms with Crippen molar-refractivity contribution < 1.29 is 28.6 Å². The van der Waals surface area contributed by atoms with Crippen LogP contribution >= 0.6 is 31.9 Å². The summed E-state index contributed by atoms with van der Waals surface area (Å²) in [5, 5.41) is 1.81. The molecule has 1 fully saturated rings. The van der Waals surface area contributed by atoms with Crippen LogP contribution in [-0.2, 0) is 30.3 Å². The number of esters is 2. The number of fused-ring (bicyclic) bond motifs is 3. The molecule has 4 rings (SSSR count). The first-order valence-electron chi connectivity index (χ1n) is 13.6. The Morgan fingerprint density at radius 2 is 1.97 bits per heavy atom. The van der Waals surface area contributed by atoms with Crippen molar-refractivity contribution in [3.8, 4) is 5.88 Å². The number of ether oxygens (including phenoxy) is 3. The molecule has 8 nitrogen and oxygen atoms in total. The third-order valence-electron chi connectivity index (χ3n) is 7.43. The lowest BCUT2D eigenvalue weighted by molar-refractivity contribution is -0.158. The Hall–Kier alpha value is -2.20. The van der Waals surface area contributed by atoms with Gasteiger partial charge in [0, 0.05) is 26.9 Å². The number of aromatic nitrogens is 1.